The molecule has 1 heterocycles. The minimum atomic E-state index is -0.335. The second kappa shape index (κ2) is 8.41. The molecule has 0 radical (unpaired) electrons. The predicted molar refractivity (Wildman–Crippen MR) is 87.0 cm³/mol. The van der Waals surface area contributed by atoms with E-state index in [1.807, 2.05) is 24.3 Å². The van der Waals surface area contributed by atoms with Crippen LogP contribution in [0.1, 0.15) is 39.0 Å². The van der Waals surface area contributed by atoms with Crippen LogP contribution in [0.15, 0.2) is 24.3 Å². The highest BCUT2D eigenvalue weighted by molar-refractivity contribution is 5.92. The van der Waals surface area contributed by atoms with Crippen molar-refractivity contribution < 1.29 is 14.3 Å². The lowest BCUT2D eigenvalue weighted by molar-refractivity contribution is -0.144. The number of anilines is 2. The average molecular weight is 304 g/mol. The molecule has 1 N–H and O–H groups in total. The fraction of sp³-hybridized carbons (Fsp3) is 0.529. The number of piperidine rings is 1. The van der Waals surface area contributed by atoms with Crippen LogP contribution in [0.2, 0.25) is 0 Å². The lowest BCUT2D eigenvalue weighted by Gasteiger charge is -2.28. The van der Waals surface area contributed by atoms with E-state index in [0.717, 1.165) is 18.8 Å². The Morgan fingerprint density at radius 3 is 2.41 bits per heavy atom. The number of esters is 1. The van der Waals surface area contributed by atoms with Gasteiger partial charge in [0.05, 0.1) is 13.0 Å². The van der Waals surface area contributed by atoms with Crippen molar-refractivity contribution in [2.45, 2.75) is 39.0 Å². The molecule has 1 aromatic carbocycles. The maximum atomic E-state index is 11.8. The summed E-state index contributed by atoms with van der Waals surface area (Å²) in [5.41, 5.74) is 1.96. The Morgan fingerprint density at radius 1 is 1.09 bits per heavy atom. The second-order valence-electron chi connectivity index (χ2n) is 5.45. The minimum absolute atomic E-state index is 0.117. The SMILES string of the molecule is CCOC(=O)CCC(=O)Nc1ccc(N2CCCCC2)cc1. The van der Waals surface area contributed by atoms with Gasteiger partial charge in [-0.1, -0.05) is 0 Å². The van der Waals surface area contributed by atoms with Crippen LogP contribution >= 0.6 is 0 Å². The summed E-state index contributed by atoms with van der Waals surface area (Å²) in [6, 6.07) is 7.89. The zero-order valence-electron chi connectivity index (χ0n) is 13.1. The molecule has 1 fully saturated rings. The summed E-state index contributed by atoms with van der Waals surface area (Å²) in [7, 11) is 0. The molecule has 5 heteroatoms. The van der Waals surface area contributed by atoms with E-state index in [-0.39, 0.29) is 24.7 Å². The zero-order chi connectivity index (χ0) is 15.8. The van der Waals surface area contributed by atoms with Crippen LogP contribution in [0.3, 0.4) is 0 Å². The number of benzene rings is 1. The second-order valence-corrected chi connectivity index (χ2v) is 5.45. The van der Waals surface area contributed by atoms with Crippen molar-refractivity contribution in [2.75, 3.05) is 29.9 Å². The molecule has 0 bridgehead atoms. The molecule has 1 aliphatic heterocycles. The quantitative estimate of drug-likeness (QED) is 0.821. The average Bonchev–Trinajstić information content (AvgIpc) is 2.55. The van der Waals surface area contributed by atoms with Gasteiger partial charge in [-0.15, -0.1) is 0 Å². The molecule has 0 atom stereocenters. The third-order valence-electron chi connectivity index (χ3n) is 3.73. The van der Waals surface area contributed by atoms with Crippen molar-refractivity contribution >= 4 is 23.3 Å². The van der Waals surface area contributed by atoms with Crippen LogP contribution in [-0.4, -0.2) is 31.6 Å². The van der Waals surface area contributed by atoms with Crippen molar-refractivity contribution in [1.82, 2.24) is 0 Å². The van der Waals surface area contributed by atoms with Crippen LogP contribution in [0.4, 0.5) is 11.4 Å². The number of rotatable bonds is 6. The summed E-state index contributed by atoms with van der Waals surface area (Å²) in [5, 5.41) is 2.80. The van der Waals surface area contributed by atoms with Crippen molar-refractivity contribution in [1.29, 1.82) is 0 Å². The molecule has 2 rings (SSSR count). The standard InChI is InChI=1S/C17H24N2O3/c1-2-22-17(21)11-10-16(20)18-14-6-8-15(9-7-14)19-12-4-3-5-13-19/h6-9H,2-5,10-13H2,1H3,(H,18,20). The van der Waals surface area contributed by atoms with Crippen LogP contribution in [-0.2, 0) is 14.3 Å². The number of nitrogens with zero attached hydrogens (tertiary/aromatic N) is 1. The molecular formula is C17H24N2O3. The van der Waals surface area contributed by atoms with Crippen LogP contribution in [0.5, 0.6) is 0 Å². The van der Waals surface area contributed by atoms with Gasteiger partial charge in [0.15, 0.2) is 0 Å². The monoisotopic (exact) mass is 304 g/mol. The molecule has 0 spiro atoms. The molecule has 1 aliphatic rings. The summed E-state index contributed by atoms with van der Waals surface area (Å²) in [4.78, 5) is 25.4. The van der Waals surface area contributed by atoms with E-state index in [0.29, 0.717) is 6.61 Å². The Kier molecular flexibility index (Phi) is 6.25. The van der Waals surface area contributed by atoms with Gasteiger partial charge in [-0.3, -0.25) is 9.59 Å². The maximum absolute atomic E-state index is 11.8. The number of hydrogen-bond donors (Lipinski definition) is 1. The summed E-state index contributed by atoms with van der Waals surface area (Å²) < 4.78 is 4.80. The molecule has 120 valence electrons. The van der Waals surface area contributed by atoms with E-state index in [1.54, 1.807) is 6.92 Å². The first-order chi connectivity index (χ1) is 10.7. The number of carbonyl (C=O) groups excluding carboxylic acids is 2. The Balaban J connectivity index is 1.80. The van der Waals surface area contributed by atoms with Crippen molar-refractivity contribution in [3.63, 3.8) is 0 Å². The van der Waals surface area contributed by atoms with E-state index < -0.39 is 0 Å². The first kappa shape index (κ1) is 16.3. The third-order valence-corrected chi connectivity index (χ3v) is 3.73. The molecule has 0 unspecified atom stereocenters. The third kappa shape index (κ3) is 5.06. The van der Waals surface area contributed by atoms with E-state index in [9.17, 15) is 9.59 Å². The Labute approximate surface area is 131 Å². The predicted octanol–water partition coefficient (Wildman–Crippen LogP) is 2.96. The highest BCUT2D eigenvalue weighted by Crippen LogP contribution is 2.21. The van der Waals surface area contributed by atoms with Crippen LogP contribution < -0.4 is 10.2 Å². The van der Waals surface area contributed by atoms with Gasteiger partial charge in [0.1, 0.15) is 0 Å². The highest BCUT2D eigenvalue weighted by atomic mass is 16.5. The largest absolute Gasteiger partial charge is 0.466 e. The molecule has 0 aromatic heterocycles. The first-order valence-electron chi connectivity index (χ1n) is 7.99. The topological polar surface area (TPSA) is 58.6 Å². The van der Waals surface area contributed by atoms with Gasteiger partial charge >= 0.3 is 5.97 Å². The van der Waals surface area contributed by atoms with Crippen molar-refractivity contribution in [3.05, 3.63) is 24.3 Å². The van der Waals surface area contributed by atoms with Gasteiger partial charge in [-0.05, 0) is 50.5 Å². The fourth-order valence-electron chi connectivity index (χ4n) is 2.58. The first-order valence-corrected chi connectivity index (χ1v) is 7.99. The number of ether oxygens (including phenoxy) is 1. The van der Waals surface area contributed by atoms with Gasteiger partial charge in [0.25, 0.3) is 0 Å². The molecule has 1 aromatic rings. The summed E-state index contributed by atoms with van der Waals surface area (Å²) >= 11 is 0. The van der Waals surface area contributed by atoms with Gasteiger partial charge in [-0.25, -0.2) is 0 Å². The Morgan fingerprint density at radius 2 is 1.77 bits per heavy atom. The van der Waals surface area contributed by atoms with Gasteiger partial charge < -0.3 is 15.0 Å². The lowest BCUT2D eigenvalue weighted by atomic mass is 10.1. The highest BCUT2D eigenvalue weighted by Gasteiger charge is 2.11. The fourth-order valence-corrected chi connectivity index (χ4v) is 2.58. The maximum Gasteiger partial charge on any atom is 0.306 e. The lowest BCUT2D eigenvalue weighted by Crippen LogP contribution is -2.29. The van der Waals surface area contributed by atoms with Crippen molar-refractivity contribution in [2.24, 2.45) is 0 Å². The van der Waals surface area contributed by atoms with Gasteiger partial charge in [-0.2, -0.15) is 0 Å². The number of hydrogen-bond acceptors (Lipinski definition) is 4. The molecule has 1 amide bonds. The number of carbonyl (C=O) groups is 2. The molecule has 0 saturated carbocycles. The smallest absolute Gasteiger partial charge is 0.306 e. The van der Waals surface area contributed by atoms with Crippen LogP contribution in [0.25, 0.3) is 0 Å². The Bertz CT molecular complexity index is 493. The minimum Gasteiger partial charge on any atom is -0.466 e. The molecule has 0 aliphatic carbocycles. The molecule has 1 saturated heterocycles. The number of amides is 1. The zero-order valence-corrected chi connectivity index (χ0v) is 13.1. The summed E-state index contributed by atoms with van der Waals surface area (Å²) in [5.74, 6) is -0.503. The van der Waals surface area contributed by atoms with E-state index in [4.69, 9.17) is 4.74 Å². The molecule has 5 nitrogen and oxygen atoms in total. The van der Waals surface area contributed by atoms with Crippen molar-refractivity contribution in [3.8, 4) is 0 Å². The van der Waals surface area contributed by atoms with Crippen LogP contribution in [0, 0.1) is 0 Å². The summed E-state index contributed by atoms with van der Waals surface area (Å²) in [6.45, 7) is 4.30. The normalized spacial score (nSPS) is 14.5. The number of nitrogens with one attached hydrogen (secondary N) is 1. The van der Waals surface area contributed by atoms with E-state index in [2.05, 4.69) is 10.2 Å². The summed E-state index contributed by atoms with van der Waals surface area (Å²) in [6.07, 6.45) is 4.06. The van der Waals surface area contributed by atoms with E-state index >= 15 is 0 Å². The van der Waals surface area contributed by atoms with Gasteiger partial charge in [0.2, 0.25) is 5.91 Å². The Hall–Kier alpha value is -2.04. The van der Waals surface area contributed by atoms with Gasteiger partial charge in [0, 0.05) is 30.9 Å². The molecule has 22 heavy (non-hydrogen) atoms. The van der Waals surface area contributed by atoms with E-state index in [1.165, 1.54) is 24.9 Å². The molecular weight excluding hydrogens is 280 g/mol.